The van der Waals surface area contributed by atoms with Crippen LogP contribution in [0.25, 0.3) is 0 Å². The lowest BCUT2D eigenvalue weighted by Gasteiger charge is -2.38. The molecule has 0 saturated carbocycles. The zero-order chi connectivity index (χ0) is 22.7. The summed E-state index contributed by atoms with van der Waals surface area (Å²) in [5, 5.41) is 10.2. The molecule has 1 heterocycles. The minimum atomic E-state index is -1.88. The first kappa shape index (κ1) is 26.0. The smallest absolute Gasteiger partial charge is 0.410 e. The maximum absolute atomic E-state index is 12.7. The van der Waals surface area contributed by atoms with Crippen molar-refractivity contribution in [2.24, 2.45) is 11.3 Å². The van der Waals surface area contributed by atoms with Crippen molar-refractivity contribution in [3.8, 4) is 0 Å². The third-order valence-electron chi connectivity index (χ3n) is 6.72. The van der Waals surface area contributed by atoms with E-state index in [4.69, 9.17) is 9.16 Å². The normalized spacial score (nSPS) is 23.3. The van der Waals surface area contributed by atoms with Crippen LogP contribution < -0.4 is 0 Å². The summed E-state index contributed by atoms with van der Waals surface area (Å²) in [6.45, 7) is 20.4. The van der Waals surface area contributed by atoms with Gasteiger partial charge in [-0.1, -0.05) is 48.5 Å². The van der Waals surface area contributed by atoms with Crippen LogP contribution in [0.1, 0.15) is 74.1 Å². The lowest BCUT2D eigenvalue weighted by molar-refractivity contribution is -0.151. The van der Waals surface area contributed by atoms with Gasteiger partial charge < -0.3 is 14.3 Å². The van der Waals surface area contributed by atoms with Crippen molar-refractivity contribution in [3.05, 3.63) is 0 Å². The number of carbonyl (C=O) groups is 2. The lowest BCUT2D eigenvalue weighted by atomic mass is 9.82. The number of likely N-dealkylation sites (tertiary alicyclic amines) is 1. The van der Waals surface area contributed by atoms with Gasteiger partial charge in [-0.05, 0) is 55.1 Å². The van der Waals surface area contributed by atoms with Crippen LogP contribution in [-0.4, -0.2) is 55.7 Å². The van der Waals surface area contributed by atoms with Crippen LogP contribution in [0.4, 0.5) is 4.79 Å². The number of carbonyl (C=O) groups excluding carboxylic acids is 1. The third kappa shape index (κ3) is 6.45. The molecule has 0 bridgehead atoms. The van der Waals surface area contributed by atoms with Crippen molar-refractivity contribution in [2.75, 3.05) is 19.8 Å². The molecule has 0 aliphatic carbocycles. The molecule has 0 aromatic rings. The Morgan fingerprint density at radius 1 is 1.14 bits per heavy atom. The molecule has 0 spiro atoms. The highest BCUT2D eigenvalue weighted by Gasteiger charge is 2.55. The summed E-state index contributed by atoms with van der Waals surface area (Å²) < 4.78 is 11.7. The molecule has 1 unspecified atom stereocenters. The van der Waals surface area contributed by atoms with Crippen LogP contribution in [0.3, 0.4) is 0 Å². The summed E-state index contributed by atoms with van der Waals surface area (Å²) in [4.78, 5) is 26.5. The van der Waals surface area contributed by atoms with Gasteiger partial charge >= 0.3 is 12.1 Å². The predicted molar refractivity (Wildman–Crippen MR) is 119 cm³/mol. The molecule has 1 rings (SSSR count). The van der Waals surface area contributed by atoms with Gasteiger partial charge in [-0.2, -0.15) is 0 Å². The first-order valence-electron chi connectivity index (χ1n) is 10.9. The largest absolute Gasteiger partial charge is 0.479 e. The molecule has 1 N–H and O–H groups in total. The molecular formula is C22H43NO5Si. The SMILES string of the molecule is CC1CCN(C(=O)OCCC(C)(C)C)[C@@]1(CCCO[Si](C)(C)C(C)(C)C)C(=O)O. The number of carboxylic acids is 1. The highest BCUT2D eigenvalue weighted by atomic mass is 28.4. The van der Waals surface area contributed by atoms with Crippen molar-refractivity contribution in [1.29, 1.82) is 0 Å². The molecule has 0 radical (unpaired) electrons. The molecule has 6 nitrogen and oxygen atoms in total. The number of carboxylic acid groups (broad SMARTS) is 1. The van der Waals surface area contributed by atoms with E-state index >= 15 is 0 Å². The summed E-state index contributed by atoms with van der Waals surface area (Å²) in [7, 11) is -1.88. The Kier molecular flexibility index (Phi) is 8.39. The summed E-state index contributed by atoms with van der Waals surface area (Å²) in [6.07, 6.45) is 1.89. The van der Waals surface area contributed by atoms with Crippen LogP contribution >= 0.6 is 0 Å². The fraction of sp³-hybridized carbons (Fsp3) is 0.909. The summed E-state index contributed by atoms with van der Waals surface area (Å²) in [6, 6.07) is 0. The Labute approximate surface area is 178 Å². The molecule has 1 fully saturated rings. The van der Waals surface area contributed by atoms with Gasteiger partial charge in [0, 0.05) is 13.2 Å². The zero-order valence-electron chi connectivity index (χ0n) is 20.1. The first-order chi connectivity index (χ1) is 13.0. The Balaban J connectivity index is 2.81. The summed E-state index contributed by atoms with van der Waals surface area (Å²) >= 11 is 0. The van der Waals surface area contributed by atoms with Gasteiger partial charge in [-0.25, -0.2) is 9.59 Å². The van der Waals surface area contributed by atoms with Gasteiger partial charge in [0.15, 0.2) is 8.32 Å². The highest BCUT2D eigenvalue weighted by molar-refractivity contribution is 6.74. The topological polar surface area (TPSA) is 76.1 Å². The van der Waals surface area contributed by atoms with Crippen LogP contribution in [0.5, 0.6) is 0 Å². The van der Waals surface area contributed by atoms with Gasteiger partial charge in [0.25, 0.3) is 0 Å². The number of hydrogen-bond donors (Lipinski definition) is 1. The Morgan fingerprint density at radius 2 is 1.72 bits per heavy atom. The Bertz CT molecular complexity index is 579. The minimum absolute atomic E-state index is 0.0591. The molecule has 170 valence electrons. The second-order valence-corrected chi connectivity index (χ2v) is 16.0. The maximum Gasteiger partial charge on any atom is 0.410 e. The lowest BCUT2D eigenvalue weighted by Crippen LogP contribution is -2.56. The minimum Gasteiger partial charge on any atom is -0.479 e. The van der Waals surface area contributed by atoms with Crippen molar-refractivity contribution < 1.29 is 23.9 Å². The fourth-order valence-electron chi connectivity index (χ4n) is 3.50. The van der Waals surface area contributed by atoms with Gasteiger partial charge in [0.2, 0.25) is 0 Å². The van der Waals surface area contributed by atoms with E-state index in [1.54, 1.807) is 0 Å². The Hall–Kier alpha value is -1.08. The second kappa shape index (κ2) is 9.37. The third-order valence-corrected chi connectivity index (χ3v) is 11.3. The average molecular weight is 430 g/mol. The number of ether oxygens (including phenoxy) is 1. The molecule has 1 saturated heterocycles. The van der Waals surface area contributed by atoms with Crippen LogP contribution in [0.15, 0.2) is 0 Å². The first-order valence-corrected chi connectivity index (χ1v) is 13.8. The molecular weight excluding hydrogens is 386 g/mol. The van der Waals surface area contributed by atoms with Gasteiger partial charge in [-0.3, -0.25) is 4.90 Å². The van der Waals surface area contributed by atoms with Crippen molar-refractivity contribution in [1.82, 2.24) is 4.90 Å². The van der Waals surface area contributed by atoms with E-state index in [0.717, 1.165) is 6.42 Å². The molecule has 1 aliphatic rings. The molecule has 7 heteroatoms. The Morgan fingerprint density at radius 3 is 2.21 bits per heavy atom. The maximum atomic E-state index is 12.7. The number of hydrogen-bond acceptors (Lipinski definition) is 4. The second-order valence-electron chi connectivity index (χ2n) is 11.2. The quantitative estimate of drug-likeness (QED) is 0.406. The molecule has 0 aromatic heterocycles. The average Bonchev–Trinajstić information content (AvgIpc) is 2.87. The summed E-state index contributed by atoms with van der Waals surface area (Å²) in [5.41, 5.74) is -1.15. The van der Waals surface area contributed by atoms with Gasteiger partial charge in [-0.15, -0.1) is 0 Å². The van der Waals surface area contributed by atoms with E-state index in [1.807, 2.05) is 6.92 Å². The fourth-order valence-corrected chi connectivity index (χ4v) is 4.59. The number of amides is 1. The molecule has 1 aliphatic heterocycles. The molecule has 0 aromatic carbocycles. The summed E-state index contributed by atoms with van der Waals surface area (Å²) in [5.74, 6) is -1.06. The van der Waals surface area contributed by atoms with Crippen LogP contribution in [0.2, 0.25) is 18.1 Å². The van der Waals surface area contributed by atoms with E-state index in [2.05, 4.69) is 54.6 Å². The zero-order valence-corrected chi connectivity index (χ0v) is 21.1. The van der Waals surface area contributed by atoms with E-state index in [1.165, 1.54) is 4.90 Å². The van der Waals surface area contributed by atoms with Crippen LogP contribution in [-0.2, 0) is 14.0 Å². The van der Waals surface area contributed by atoms with Crippen LogP contribution in [0, 0.1) is 11.3 Å². The van der Waals surface area contributed by atoms with E-state index in [0.29, 0.717) is 39.0 Å². The van der Waals surface area contributed by atoms with Gasteiger partial charge in [0.1, 0.15) is 5.54 Å². The van der Waals surface area contributed by atoms with E-state index in [9.17, 15) is 14.7 Å². The van der Waals surface area contributed by atoms with Crippen molar-refractivity contribution in [3.63, 3.8) is 0 Å². The molecule has 2 atom stereocenters. The molecule has 29 heavy (non-hydrogen) atoms. The van der Waals surface area contributed by atoms with E-state index < -0.39 is 25.9 Å². The standard InChI is InChI=1S/C22H43NO5Si/c1-17-11-14-23(19(26)27-16-13-20(2,3)4)22(17,18(24)25)12-10-15-28-29(8,9)21(5,6)7/h17H,10-16H2,1-9H3,(H,24,25)/t17?,22-/m1/s1. The van der Waals surface area contributed by atoms with Crippen molar-refractivity contribution >= 4 is 20.4 Å². The number of rotatable bonds is 8. The highest BCUT2D eigenvalue weighted by Crippen LogP contribution is 2.40. The van der Waals surface area contributed by atoms with E-state index in [-0.39, 0.29) is 16.4 Å². The number of nitrogens with zero attached hydrogens (tertiary/aromatic N) is 1. The predicted octanol–water partition coefficient (Wildman–Crippen LogP) is 5.53. The number of aliphatic carboxylic acids is 1. The van der Waals surface area contributed by atoms with Gasteiger partial charge in [0.05, 0.1) is 6.61 Å². The monoisotopic (exact) mass is 429 g/mol. The van der Waals surface area contributed by atoms with Crippen molar-refractivity contribution in [2.45, 2.75) is 97.8 Å². The molecule has 1 amide bonds.